The van der Waals surface area contributed by atoms with Gasteiger partial charge in [0.1, 0.15) is 11.9 Å². The number of benzene rings is 1. The van der Waals surface area contributed by atoms with Gasteiger partial charge >= 0.3 is 6.18 Å². The number of aliphatic hydroxyl groups is 2. The van der Waals surface area contributed by atoms with Gasteiger partial charge in [0.2, 0.25) is 11.7 Å². The van der Waals surface area contributed by atoms with Crippen LogP contribution in [0.3, 0.4) is 0 Å². The van der Waals surface area contributed by atoms with Gasteiger partial charge in [-0.1, -0.05) is 12.1 Å². The molecule has 1 amide bonds. The summed E-state index contributed by atoms with van der Waals surface area (Å²) in [6.07, 6.45) is -2.77. The first-order valence-corrected chi connectivity index (χ1v) is 11.5. The minimum absolute atomic E-state index is 0.00119. The normalized spacial score (nSPS) is 22.9. The van der Waals surface area contributed by atoms with Gasteiger partial charge in [0, 0.05) is 32.2 Å². The van der Waals surface area contributed by atoms with Crippen molar-refractivity contribution in [3.63, 3.8) is 0 Å². The molecule has 1 aromatic carbocycles. The molecular formula is C23H28F4N6O3. The molecule has 1 aliphatic heterocycles. The molecule has 1 aliphatic carbocycles. The lowest BCUT2D eigenvalue weighted by molar-refractivity contribution is -0.137. The van der Waals surface area contributed by atoms with Crippen LogP contribution >= 0.6 is 0 Å². The number of nitrogens with two attached hydrogens (primary N) is 1. The Morgan fingerprint density at radius 3 is 2.53 bits per heavy atom. The Hall–Kier alpha value is -3.03. The summed E-state index contributed by atoms with van der Waals surface area (Å²) in [4.78, 5) is 22.4. The quantitative estimate of drug-likeness (QED) is 0.373. The number of β-amino-alcohol motifs (C(OH)–C–C–N with tert-alkyl or cyclic N) is 1. The van der Waals surface area contributed by atoms with E-state index in [0.717, 1.165) is 25.0 Å². The van der Waals surface area contributed by atoms with Crippen molar-refractivity contribution in [2.45, 2.75) is 49.7 Å². The molecule has 13 heteroatoms. The number of amides is 1. The molecule has 2 fully saturated rings. The number of aromatic nitrogens is 2. The molecule has 2 aromatic rings. The van der Waals surface area contributed by atoms with E-state index in [9.17, 15) is 28.2 Å². The average molecular weight is 513 g/mol. The first-order chi connectivity index (χ1) is 17.0. The molecule has 0 bridgehead atoms. The lowest BCUT2D eigenvalue weighted by Crippen LogP contribution is -2.59. The third kappa shape index (κ3) is 6.02. The highest BCUT2D eigenvalue weighted by Gasteiger charge is 2.41. The second-order valence-corrected chi connectivity index (χ2v) is 9.34. The lowest BCUT2D eigenvalue weighted by atomic mass is 9.88. The van der Waals surface area contributed by atoms with Gasteiger partial charge in [0.25, 0.3) is 0 Å². The van der Waals surface area contributed by atoms with Crippen molar-refractivity contribution in [2.75, 3.05) is 36.4 Å². The summed E-state index contributed by atoms with van der Waals surface area (Å²) < 4.78 is 54.0. The van der Waals surface area contributed by atoms with Crippen LogP contribution in [-0.4, -0.2) is 74.9 Å². The van der Waals surface area contributed by atoms with Crippen LogP contribution in [0, 0.1) is 5.82 Å². The fourth-order valence-corrected chi connectivity index (χ4v) is 4.27. The minimum Gasteiger partial charge on any atom is -0.389 e. The van der Waals surface area contributed by atoms with E-state index in [1.54, 1.807) is 9.80 Å². The predicted octanol–water partition coefficient (Wildman–Crippen LogP) is 1.50. The molecule has 0 radical (unpaired) electrons. The highest BCUT2D eigenvalue weighted by Crippen LogP contribution is 2.35. The van der Waals surface area contributed by atoms with Gasteiger partial charge in [-0.05, 0) is 37.0 Å². The standard InChI is InChI=1S/C23H28F4N6O3/c24-19-20(29-12-22(36)7-8-32(10-17(22)34)11-18(28)35)30-13-31-21(19)33(16-5-6-16)9-14-1-3-15(4-2-14)23(25,26)27/h1-4,13,16-17,34,36H,5-12H2,(H2,28,35)(H,29,30,31)/t17-,22+/m0/s1. The zero-order valence-electron chi connectivity index (χ0n) is 19.4. The number of carbonyl (C=O) groups is 1. The summed E-state index contributed by atoms with van der Waals surface area (Å²) in [5.41, 5.74) is 3.41. The molecule has 0 unspecified atom stereocenters. The number of primary amides is 1. The number of piperidine rings is 1. The van der Waals surface area contributed by atoms with Crippen molar-refractivity contribution < 1.29 is 32.6 Å². The topological polar surface area (TPSA) is 128 Å². The molecule has 5 N–H and O–H groups in total. The van der Waals surface area contributed by atoms with Gasteiger partial charge in [-0.2, -0.15) is 17.6 Å². The van der Waals surface area contributed by atoms with Crippen molar-refractivity contribution in [1.29, 1.82) is 0 Å². The van der Waals surface area contributed by atoms with Crippen LogP contribution in [-0.2, 0) is 17.5 Å². The maximum Gasteiger partial charge on any atom is 0.416 e. The van der Waals surface area contributed by atoms with Crippen LogP contribution in [0.5, 0.6) is 0 Å². The second-order valence-electron chi connectivity index (χ2n) is 9.34. The van der Waals surface area contributed by atoms with E-state index in [-0.39, 0.29) is 50.3 Å². The third-order valence-corrected chi connectivity index (χ3v) is 6.52. The molecular weight excluding hydrogens is 484 g/mol. The van der Waals surface area contributed by atoms with Gasteiger partial charge in [-0.25, -0.2) is 9.97 Å². The number of anilines is 2. The number of hydrogen-bond acceptors (Lipinski definition) is 8. The Labute approximate surface area is 204 Å². The smallest absolute Gasteiger partial charge is 0.389 e. The number of rotatable bonds is 9. The van der Waals surface area contributed by atoms with Crippen molar-refractivity contribution in [3.8, 4) is 0 Å². The third-order valence-electron chi connectivity index (χ3n) is 6.52. The van der Waals surface area contributed by atoms with Crippen LogP contribution in [0.4, 0.5) is 29.2 Å². The van der Waals surface area contributed by atoms with Crippen LogP contribution < -0.4 is 16.0 Å². The molecule has 1 aromatic heterocycles. The molecule has 36 heavy (non-hydrogen) atoms. The number of aliphatic hydroxyl groups excluding tert-OH is 1. The van der Waals surface area contributed by atoms with Crippen LogP contribution in [0.2, 0.25) is 0 Å². The number of hydrogen-bond donors (Lipinski definition) is 4. The zero-order chi connectivity index (χ0) is 26.1. The first-order valence-electron chi connectivity index (χ1n) is 11.5. The number of alkyl halides is 3. The van der Waals surface area contributed by atoms with Crippen molar-refractivity contribution >= 4 is 17.5 Å². The molecule has 9 nitrogen and oxygen atoms in total. The van der Waals surface area contributed by atoms with E-state index in [2.05, 4.69) is 15.3 Å². The van der Waals surface area contributed by atoms with E-state index >= 15 is 4.39 Å². The summed E-state index contributed by atoms with van der Waals surface area (Å²) in [6, 6.07) is 4.69. The Kier molecular flexibility index (Phi) is 7.34. The zero-order valence-corrected chi connectivity index (χ0v) is 19.4. The summed E-state index contributed by atoms with van der Waals surface area (Å²) in [6.45, 7) is 0.267. The number of likely N-dealkylation sites (tertiary alicyclic amines) is 1. The largest absolute Gasteiger partial charge is 0.416 e. The maximum atomic E-state index is 15.4. The van der Waals surface area contributed by atoms with Gasteiger partial charge < -0.3 is 26.2 Å². The first kappa shape index (κ1) is 26.0. The number of nitrogens with one attached hydrogen (secondary N) is 1. The predicted molar refractivity (Wildman–Crippen MR) is 122 cm³/mol. The second kappa shape index (κ2) is 10.1. The van der Waals surface area contributed by atoms with Crippen LogP contribution in [0.25, 0.3) is 0 Å². The Morgan fingerprint density at radius 1 is 1.25 bits per heavy atom. The van der Waals surface area contributed by atoms with E-state index in [4.69, 9.17) is 5.73 Å². The maximum absolute atomic E-state index is 15.4. The highest BCUT2D eigenvalue weighted by molar-refractivity contribution is 5.75. The molecule has 2 aliphatic rings. The average Bonchev–Trinajstić information content (AvgIpc) is 3.65. The van der Waals surface area contributed by atoms with Gasteiger partial charge in [-0.15, -0.1) is 0 Å². The van der Waals surface area contributed by atoms with Crippen LogP contribution in [0.1, 0.15) is 30.4 Å². The molecule has 0 spiro atoms. The van der Waals surface area contributed by atoms with Gasteiger partial charge in [0.05, 0.1) is 18.2 Å². The fraction of sp³-hybridized carbons (Fsp3) is 0.522. The molecule has 1 saturated heterocycles. The van der Waals surface area contributed by atoms with Gasteiger partial charge in [-0.3, -0.25) is 9.69 Å². The Bertz CT molecular complexity index is 1080. The molecule has 2 atom stereocenters. The Balaban J connectivity index is 1.45. The summed E-state index contributed by atoms with van der Waals surface area (Å²) >= 11 is 0. The molecule has 1 saturated carbocycles. The summed E-state index contributed by atoms with van der Waals surface area (Å²) in [5.74, 6) is -1.48. The van der Waals surface area contributed by atoms with E-state index in [0.29, 0.717) is 12.1 Å². The number of halogens is 4. The Morgan fingerprint density at radius 2 is 1.94 bits per heavy atom. The molecule has 196 valence electrons. The van der Waals surface area contributed by atoms with E-state index in [1.807, 2.05) is 0 Å². The molecule has 4 rings (SSSR count). The van der Waals surface area contributed by atoms with Gasteiger partial charge in [0.15, 0.2) is 11.6 Å². The van der Waals surface area contributed by atoms with Crippen molar-refractivity contribution in [1.82, 2.24) is 14.9 Å². The van der Waals surface area contributed by atoms with Crippen LogP contribution in [0.15, 0.2) is 30.6 Å². The minimum atomic E-state index is -4.44. The van der Waals surface area contributed by atoms with E-state index < -0.39 is 35.2 Å². The summed E-state index contributed by atoms with van der Waals surface area (Å²) in [7, 11) is 0. The van der Waals surface area contributed by atoms with Crippen molar-refractivity contribution in [2.24, 2.45) is 5.73 Å². The summed E-state index contributed by atoms with van der Waals surface area (Å²) in [5, 5.41) is 24.1. The fourth-order valence-electron chi connectivity index (χ4n) is 4.27. The monoisotopic (exact) mass is 512 g/mol. The van der Waals surface area contributed by atoms with Crippen molar-refractivity contribution in [3.05, 3.63) is 47.5 Å². The molecule has 2 heterocycles. The van der Waals surface area contributed by atoms with E-state index in [1.165, 1.54) is 18.5 Å². The number of nitrogens with zero attached hydrogens (tertiary/aromatic N) is 4. The lowest BCUT2D eigenvalue weighted by Gasteiger charge is -2.41. The highest BCUT2D eigenvalue weighted by atomic mass is 19.4. The SMILES string of the molecule is NC(=O)CN1CC[C@@](O)(CNc2ncnc(N(Cc3ccc(C(F)(F)F)cc3)C3CC3)c2F)[C@@H](O)C1. The number of carbonyl (C=O) groups excluding carboxylic acids is 1.